The van der Waals surface area contributed by atoms with Gasteiger partial charge in [-0.15, -0.1) is 0 Å². The number of nitrogens with one attached hydrogen (secondary N) is 1. The molecule has 0 saturated carbocycles. The van der Waals surface area contributed by atoms with Crippen molar-refractivity contribution in [2.75, 3.05) is 42.6 Å². The number of ether oxygens (including phenoxy) is 2. The average Bonchev–Trinajstić information content (AvgIpc) is 3.06. The third-order valence-electron chi connectivity index (χ3n) is 6.68. The van der Waals surface area contributed by atoms with Gasteiger partial charge in [0.05, 0.1) is 19.3 Å². The number of aromatic amines is 1. The Morgan fingerprint density at radius 3 is 2.62 bits per heavy atom. The van der Waals surface area contributed by atoms with Crippen molar-refractivity contribution in [1.29, 1.82) is 0 Å². The van der Waals surface area contributed by atoms with Gasteiger partial charge in [-0.3, -0.25) is 4.79 Å². The molecular weight excluding hydrogens is 402 g/mol. The van der Waals surface area contributed by atoms with Gasteiger partial charge in [0.15, 0.2) is 0 Å². The SMILES string of the molecule is CC[C@@H](C)Oc1ccc(C[C@@H]2CCCCCN2c2cc(N3CCOCC3)cc(=O)[nH]2)cc1. The Hall–Kier alpha value is -2.47. The molecule has 1 N–H and O–H groups in total. The second-order valence-corrected chi connectivity index (χ2v) is 9.07. The highest BCUT2D eigenvalue weighted by molar-refractivity contribution is 5.56. The number of pyridine rings is 1. The topological polar surface area (TPSA) is 57.8 Å². The highest BCUT2D eigenvalue weighted by Gasteiger charge is 2.24. The fourth-order valence-electron chi connectivity index (χ4n) is 4.67. The van der Waals surface area contributed by atoms with Gasteiger partial charge in [-0.1, -0.05) is 31.9 Å². The number of H-pyrrole nitrogens is 1. The van der Waals surface area contributed by atoms with E-state index in [1.807, 2.05) is 0 Å². The maximum absolute atomic E-state index is 12.5. The van der Waals surface area contributed by atoms with Crippen molar-refractivity contribution in [3.05, 3.63) is 52.3 Å². The molecule has 0 radical (unpaired) electrons. The fraction of sp³-hybridized carbons (Fsp3) is 0.577. The van der Waals surface area contributed by atoms with Gasteiger partial charge in [-0.05, 0) is 50.3 Å². The van der Waals surface area contributed by atoms with E-state index >= 15 is 0 Å². The number of rotatable bonds is 7. The van der Waals surface area contributed by atoms with E-state index in [4.69, 9.17) is 9.47 Å². The highest BCUT2D eigenvalue weighted by Crippen LogP contribution is 2.28. The normalized spacial score (nSPS) is 20.6. The molecule has 1 aromatic carbocycles. The molecule has 0 spiro atoms. The standard InChI is InChI=1S/C26H37N3O3/c1-3-20(2)32-24-10-8-21(9-11-24)17-22-7-5-4-6-12-29(22)25-18-23(19-26(30)27-25)28-13-15-31-16-14-28/h8-11,18-20,22H,3-7,12-17H2,1-2H3,(H,27,30)/t20-,22+/m1/s1. The Kier molecular flexibility index (Phi) is 7.74. The predicted octanol–water partition coefficient (Wildman–Crippen LogP) is 4.38. The van der Waals surface area contributed by atoms with Crippen molar-refractivity contribution >= 4 is 11.5 Å². The molecule has 0 amide bonds. The van der Waals surface area contributed by atoms with Gasteiger partial charge in [0.2, 0.25) is 0 Å². The molecule has 6 heteroatoms. The lowest BCUT2D eigenvalue weighted by Gasteiger charge is -2.34. The lowest BCUT2D eigenvalue weighted by Crippen LogP contribution is -2.39. The lowest BCUT2D eigenvalue weighted by atomic mass is 10.0. The Balaban J connectivity index is 1.53. The van der Waals surface area contributed by atoms with Gasteiger partial charge in [-0.25, -0.2) is 0 Å². The smallest absolute Gasteiger partial charge is 0.251 e. The molecule has 2 fully saturated rings. The summed E-state index contributed by atoms with van der Waals surface area (Å²) in [5, 5.41) is 0. The highest BCUT2D eigenvalue weighted by atomic mass is 16.5. The molecule has 0 bridgehead atoms. The summed E-state index contributed by atoms with van der Waals surface area (Å²) in [6.07, 6.45) is 6.95. The molecule has 3 heterocycles. The van der Waals surface area contributed by atoms with Crippen LogP contribution in [0.3, 0.4) is 0 Å². The molecule has 174 valence electrons. The van der Waals surface area contributed by atoms with E-state index in [0.717, 1.165) is 62.6 Å². The van der Waals surface area contributed by atoms with Gasteiger partial charge in [-0.2, -0.15) is 0 Å². The summed E-state index contributed by atoms with van der Waals surface area (Å²) in [7, 11) is 0. The van der Waals surface area contributed by atoms with Crippen LogP contribution in [0.25, 0.3) is 0 Å². The van der Waals surface area contributed by atoms with E-state index in [1.54, 1.807) is 6.07 Å². The van der Waals surface area contributed by atoms with Crippen LogP contribution < -0.4 is 20.1 Å². The van der Waals surface area contributed by atoms with Crippen molar-refractivity contribution in [3.63, 3.8) is 0 Å². The minimum absolute atomic E-state index is 0.0291. The van der Waals surface area contributed by atoms with E-state index in [0.29, 0.717) is 19.3 Å². The van der Waals surface area contributed by atoms with Gasteiger partial charge in [0.25, 0.3) is 5.56 Å². The van der Waals surface area contributed by atoms with E-state index in [2.05, 4.69) is 59.0 Å². The molecule has 2 atom stereocenters. The molecule has 6 nitrogen and oxygen atoms in total. The number of aromatic nitrogens is 1. The van der Waals surface area contributed by atoms with Crippen LogP contribution in [0.15, 0.2) is 41.2 Å². The first-order valence-corrected chi connectivity index (χ1v) is 12.2. The van der Waals surface area contributed by atoms with Crippen molar-refractivity contribution < 1.29 is 9.47 Å². The number of hydrogen-bond acceptors (Lipinski definition) is 5. The summed E-state index contributed by atoms with van der Waals surface area (Å²) in [6.45, 7) is 8.30. The Labute approximate surface area is 191 Å². The lowest BCUT2D eigenvalue weighted by molar-refractivity contribution is 0.122. The van der Waals surface area contributed by atoms with E-state index in [1.165, 1.54) is 18.4 Å². The first kappa shape index (κ1) is 22.7. The molecular formula is C26H37N3O3. The van der Waals surface area contributed by atoms with Gasteiger partial charge >= 0.3 is 0 Å². The molecule has 0 unspecified atom stereocenters. The first-order valence-electron chi connectivity index (χ1n) is 12.2. The maximum atomic E-state index is 12.5. The van der Waals surface area contributed by atoms with Crippen molar-refractivity contribution in [2.45, 2.75) is 64.5 Å². The molecule has 0 aliphatic carbocycles. The number of morpholine rings is 1. The van der Waals surface area contributed by atoms with Crippen LogP contribution in [0.1, 0.15) is 51.5 Å². The van der Waals surface area contributed by atoms with Crippen LogP contribution in [0.2, 0.25) is 0 Å². The first-order chi connectivity index (χ1) is 15.6. The molecule has 2 aromatic rings. The molecule has 1 aromatic heterocycles. The molecule has 4 rings (SSSR count). The minimum Gasteiger partial charge on any atom is -0.491 e. The van der Waals surface area contributed by atoms with Crippen LogP contribution >= 0.6 is 0 Å². The predicted molar refractivity (Wildman–Crippen MR) is 130 cm³/mol. The zero-order valence-electron chi connectivity index (χ0n) is 19.5. The quantitative estimate of drug-likeness (QED) is 0.694. The second kappa shape index (κ2) is 10.9. The Morgan fingerprint density at radius 2 is 1.88 bits per heavy atom. The summed E-state index contributed by atoms with van der Waals surface area (Å²) >= 11 is 0. The van der Waals surface area contributed by atoms with E-state index < -0.39 is 0 Å². The summed E-state index contributed by atoms with van der Waals surface area (Å²) in [5.41, 5.74) is 2.28. The third kappa shape index (κ3) is 5.85. The van der Waals surface area contributed by atoms with Crippen LogP contribution in [0.4, 0.5) is 11.5 Å². The van der Waals surface area contributed by atoms with Gasteiger partial charge in [0, 0.05) is 43.5 Å². The van der Waals surface area contributed by atoms with Crippen LogP contribution in [-0.2, 0) is 11.2 Å². The van der Waals surface area contributed by atoms with Gasteiger partial charge < -0.3 is 24.3 Å². The molecule has 32 heavy (non-hydrogen) atoms. The summed E-state index contributed by atoms with van der Waals surface area (Å²) in [6, 6.07) is 12.8. The molecule has 2 saturated heterocycles. The third-order valence-corrected chi connectivity index (χ3v) is 6.68. The molecule has 2 aliphatic heterocycles. The fourth-order valence-corrected chi connectivity index (χ4v) is 4.67. The van der Waals surface area contributed by atoms with E-state index in [-0.39, 0.29) is 11.7 Å². The Morgan fingerprint density at radius 1 is 1.09 bits per heavy atom. The van der Waals surface area contributed by atoms with Crippen molar-refractivity contribution in [3.8, 4) is 5.75 Å². The van der Waals surface area contributed by atoms with E-state index in [9.17, 15) is 4.79 Å². The molecule has 2 aliphatic rings. The van der Waals surface area contributed by atoms with Crippen LogP contribution in [0.5, 0.6) is 5.75 Å². The average molecular weight is 440 g/mol. The number of anilines is 2. The number of benzene rings is 1. The summed E-state index contributed by atoms with van der Waals surface area (Å²) < 4.78 is 11.4. The Bertz CT molecular complexity index is 905. The van der Waals surface area contributed by atoms with Crippen LogP contribution in [0, 0.1) is 0 Å². The minimum atomic E-state index is -0.0291. The maximum Gasteiger partial charge on any atom is 0.251 e. The van der Waals surface area contributed by atoms with Gasteiger partial charge in [0.1, 0.15) is 11.6 Å². The zero-order chi connectivity index (χ0) is 22.3. The summed E-state index contributed by atoms with van der Waals surface area (Å²) in [5.74, 6) is 1.88. The van der Waals surface area contributed by atoms with Crippen LogP contribution in [-0.4, -0.2) is 50.0 Å². The monoisotopic (exact) mass is 439 g/mol. The zero-order valence-corrected chi connectivity index (χ0v) is 19.5. The number of nitrogens with zero attached hydrogens (tertiary/aromatic N) is 2. The van der Waals surface area contributed by atoms with Crippen molar-refractivity contribution in [2.24, 2.45) is 0 Å². The van der Waals surface area contributed by atoms with Crippen molar-refractivity contribution in [1.82, 2.24) is 4.98 Å². The largest absolute Gasteiger partial charge is 0.491 e. The number of hydrogen-bond donors (Lipinski definition) is 1. The summed E-state index contributed by atoms with van der Waals surface area (Å²) in [4.78, 5) is 20.4. The second-order valence-electron chi connectivity index (χ2n) is 9.07.